The number of likely N-dealkylation sites (tertiary alicyclic amines) is 1. The highest BCUT2D eigenvalue weighted by Gasteiger charge is 2.44. The molecule has 1 aromatic heterocycles. The van der Waals surface area contributed by atoms with Gasteiger partial charge in [0.15, 0.2) is 0 Å². The van der Waals surface area contributed by atoms with Crippen molar-refractivity contribution >= 4 is 29.7 Å². The molecule has 4 rings (SSSR count). The van der Waals surface area contributed by atoms with E-state index in [2.05, 4.69) is 19.8 Å². The SMILES string of the molecule is O=C(O)CCC(=O)O.O=C1CC2(CCCC2)CC(=O)N1CCCCN1CCN(c2ncccn2)CC1. The third-order valence-corrected chi connectivity index (χ3v) is 7.18. The topological polar surface area (TPSA) is 144 Å². The Morgan fingerprint density at radius 3 is 1.89 bits per heavy atom. The number of carboxylic acids is 2. The van der Waals surface area contributed by atoms with E-state index in [9.17, 15) is 19.2 Å². The lowest BCUT2D eigenvalue weighted by molar-refractivity contribution is -0.153. The summed E-state index contributed by atoms with van der Waals surface area (Å²) in [5.41, 5.74) is 0.00676. The number of hydrogen-bond acceptors (Lipinski definition) is 8. The van der Waals surface area contributed by atoms with E-state index in [1.807, 2.05) is 6.07 Å². The summed E-state index contributed by atoms with van der Waals surface area (Å²) >= 11 is 0. The summed E-state index contributed by atoms with van der Waals surface area (Å²) in [7, 11) is 0. The Morgan fingerprint density at radius 1 is 0.833 bits per heavy atom. The molecule has 2 aliphatic heterocycles. The van der Waals surface area contributed by atoms with Gasteiger partial charge in [-0.25, -0.2) is 9.97 Å². The minimum Gasteiger partial charge on any atom is -0.481 e. The van der Waals surface area contributed by atoms with Crippen LogP contribution in [0.1, 0.15) is 64.2 Å². The molecule has 3 fully saturated rings. The number of carbonyl (C=O) groups excluding carboxylic acids is 2. The second-order valence-electron chi connectivity index (χ2n) is 9.87. The molecule has 1 aliphatic carbocycles. The van der Waals surface area contributed by atoms with Crippen molar-refractivity contribution in [1.82, 2.24) is 19.8 Å². The number of amides is 2. The lowest BCUT2D eigenvalue weighted by Crippen LogP contribution is -2.48. The Bertz CT molecular complexity index is 863. The lowest BCUT2D eigenvalue weighted by Gasteiger charge is -2.37. The number of aromatic nitrogens is 2. The Hall–Kier alpha value is -3.08. The first-order chi connectivity index (χ1) is 17.3. The van der Waals surface area contributed by atoms with Crippen LogP contribution in [0.2, 0.25) is 0 Å². The van der Waals surface area contributed by atoms with E-state index in [0.717, 1.165) is 64.4 Å². The number of anilines is 1. The van der Waals surface area contributed by atoms with Gasteiger partial charge in [0, 0.05) is 58.0 Å². The summed E-state index contributed by atoms with van der Waals surface area (Å²) in [6, 6.07) is 1.84. The van der Waals surface area contributed by atoms with Gasteiger partial charge in [-0.2, -0.15) is 0 Å². The summed E-state index contributed by atoms with van der Waals surface area (Å²) in [5, 5.41) is 15.8. The van der Waals surface area contributed by atoms with Gasteiger partial charge in [-0.3, -0.25) is 29.0 Å². The summed E-state index contributed by atoms with van der Waals surface area (Å²) < 4.78 is 0. The largest absolute Gasteiger partial charge is 0.481 e. The maximum atomic E-state index is 12.5. The fourth-order valence-electron chi connectivity index (χ4n) is 5.21. The number of piperazine rings is 1. The van der Waals surface area contributed by atoms with E-state index < -0.39 is 11.9 Å². The first kappa shape index (κ1) is 27.5. The molecule has 1 spiro atoms. The predicted octanol–water partition coefficient (Wildman–Crippen LogP) is 2.02. The average molecular weight is 504 g/mol. The summed E-state index contributed by atoms with van der Waals surface area (Å²) in [6.45, 7) is 5.49. The zero-order valence-electron chi connectivity index (χ0n) is 20.8. The first-order valence-electron chi connectivity index (χ1n) is 12.8. The van der Waals surface area contributed by atoms with Crippen LogP contribution in [0, 0.1) is 5.41 Å². The van der Waals surface area contributed by atoms with Gasteiger partial charge >= 0.3 is 11.9 Å². The summed E-state index contributed by atoms with van der Waals surface area (Å²) in [5.74, 6) is -1.21. The Kier molecular flexibility index (Phi) is 10.2. The lowest BCUT2D eigenvalue weighted by atomic mass is 9.76. The van der Waals surface area contributed by atoms with Gasteiger partial charge in [0.1, 0.15) is 0 Å². The molecule has 3 aliphatic rings. The quantitative estimate of drug-likeness (QED) is 0.379. The third kappa shape index (κ3) is 8.25. The zero-order valence-corrected chi connectivity index (χ0v) is 20.8. The average Bonchev–Trinajstić information content (AvgIpc) is 3.30. The van der Waals surface area contributed by atoms with Crippen LogP contribution >= 0.6 is 0 Å². The minimum atomic E-state index is -1.08. The number of hydrogen-bond donors (Lipinski definition) is 2. The van der Waals surface area contributed by atoms with Crippen LogP contribution in [0.3, 0.4) is 0 Å². The fourth-order valence-corrected chi connectivity index (χ4v) is 5.21. The van der Waals surface area contributed by atoms with E-state index in [0.29, 0.717) is 19.4 Å². The van der Waals surface area contributed by atoms with Crippen molar-refractivity contribution in [2.45, 2.75) is 64.2 Å². The number of carboxylic acid groups (broad SMARTS) is 2. The van der Waals surface area contributed by atoms with Crippen LogP contribution < -0.4 is 4.90 Å². The van der Waals surface area contributed by atoms with Gasteiger partial charge < -0.3 is 15.1 Å². The standard InChI is InChI=1S/C21H31N5O2.C4H6O4/c27-18-16-21(6-1-2-7-21)17-19(28)26(18)11-4-3-10-24-12-14-25(15-13-24)20-22-8-5-9-23-20;5-3(6)1-2-4(7)8/h5,8-9H,1-4,6-7,10-17H2;1-2H2,(H,5,6)(H,7,8). The normalized spacial score (nSPS) is 19.8. The van der Waals surface area contributed by atoms with Crippen molar-refractivity contribution < 1.29 is 29.4 Å². The molecule has 0 aromatic carbocycles. The van der Waals surface area contributed by atoms with E-state index in [-0.39, 0.29) is 30.1 Å². The maximum absolute atomic E-state index is 12.5. The van der Waals surface area contributed by atoms with Gasteiger partial charge in [0.2, 0.25) is 17.8 Å². The first-order valence-corrected chi connectivity index (χ1v) is 12.8. The molecule has 198 valence electrons. The van der Waals surface area contributed by atoms with Crippen molar-refractivity contribution in [3.63, 3.8) is 0 Å². The molecule has 2 N–H and O–H groups in total. The zero-order chi connectivity index (χ0) is 26.0. The van der Waals surface area contributed by atoms with E-state index in [1.54, 1.807) is 12.4 Å². The highest BCUT2D eigenvalue weighted by molar-refractivity contribution is 5.98. The van der Waals surface area contributed by atoms with Crippen molar-refractivity contribution in [3.05, 3.63) is 18.5 Å². The number of rotatable bonds is 9. The number of carbonyl (C=O) groups is 4. The smallest absolute Gasteiger partial charge is 0.303 e. The monoisotopic (exact) mass is 503 g/mol. The van der Waals surface area contributed by atoms with Crippen LogP contribution in [0.15, 0.2) is 18.5 Å². The van der Waals surface area contributed by atoms with Gasteiger partial charge in [0.25, 0.3) is 0 Å². The Labute approximate surface area is 211 Å². The van der Waals surface area contributed by atoms with Crippen molar-refractivity contribution in [2.75, 3.05) is 44.2 Å². The maximum Gasteiger partial charge on any atom is 0.303 e. The number of imide groups is 1. The molecule has 1 aromatic rings. The van der Waals surface area contributed by atoms with Gasteiger partial charge in [-0.05, 0) is 43.7 Å². The minimum absolute atomic E-state index is 0.00676. The van der Waals surface area contributed by atoms with Crippen LogP contribution in [0.5, 0.6) is 0 Å². The molecular formula is C25H37N5O6. The molecule has 36 heavy (non-hydrogen) atoms. The van der Waals surface area contributed by atoms with Crippen LogP contribution in [-0.4, -0.2) is 93.0 Å². The van der Waals surface area contributed by atoms with E-state index in [1.165, 1.54) is 17.7 Å². The molecule has 0 bridgehead atoms. The van der Waals surface area contributed by atoms with Crippen molar-refractivity contribution in [2.24, 2.45) is 5.41 Å². The summed E-state index contributed by atoms with van der Waals surface area (Å²) in [4.78, 5) is 59.2. The van der Waals surface area contributed by atoms with Crippen LogP contribution in [-0.2, 0) is 19.2 Å². The molecule has 0 unspecified atom stereocenters. The molecule has 0 radical (unpaired) electrons. The second-order valence-corrected chi connectivity index (χ2v) is 9.87. The van der Waals surface area contributed by atoms with Crippen LogP contribution in [0.25, 0.3) is 0 Å². The molecule has 0 atom stereocenters. The molecule has 1 saturated carbocycles. The number of piperidine rings is 1. The summed E-state index contributed by atoms with van der Waals surface area (Å²) in [6.07, 6.45) is 10.5. The third-order valence-electron chi connectivity index (χ3n) is 7.18. The Balaban J connectivity index is 0.000000392. The molecule has 3 heterocycles. The van der Waals surface area contributed by atoms with E-state index >= 15 is 0 Å². The second kappa shape index (κ2) is 13.3. The molecule has 2 saturated heterocycles. The molecule has 11 nitrogen and oxygen atoms in total. The molecule has 2 amide bonds. The Morgan fingerprint density at radius 2 is 1.36 bits per heavy atom. The van der Waals surface area contributed by atoms with Crippen molar-refractivity contribution in [1.29, 1.82) is 0 Å². The highest BCUT2D eigenvalue weighted by Crippen LogP contribution is 2.46. The van der Waals surface area contributed by atoms with E-state index in [4.69, 9.17) is 10.2 Å². The van der Waals surface area contributed by atoms with Gasteiger partial charge in [0.05, 0.1) is 12.8 Å². The fraction of sp³-hybridized carbons (Fsp3) is 0.680. The van der Waals surface area contributed by atoms with Crippen molar-refractivity contribution in [3.8, 4) is 0 Å². The van der Waals surface area contributed by atoms with Gasteiger partial charge in [-0.15, -0.1) is 0 Å². The molecule has 11 heteroatoms. The van der Waals surface area contributed by atoms with Crippen LogP contribution in [0.4, 0.5) is 5.95 Å². The number of nitrogens with zero attached hydrogens (tertiary/aromatic N) is 5. The highest BCUT2D eigenvalue weighted by atomic mass is 16.4. The van der Waals surface area contributed by atoms with Gasteiger partial charge in [-0.1, -0.05) is 12.8 Å². The molecular weight excluding hydrogens is 466 g/mol. The number of unbranched alkanes of at least 4 members (excludes halogenated alkanes) is 1. The number of aliphatic carboxylic acids is 2. The predicted molar refractivity (Wildman–Crippen MR) is 131 cm³/mol.